The van der Waals surface area contributed by atoms with Gasteiger partial charge in [-0.15, -0.1) is 0 Å². The molecule has 0 fully saturated rings. The molecule has 1 aromatic heterocycles. The zero-order valence-electron chi connectivity index (χ0n) is 21.0. The lowest BCUT2D eigenvalue weighted by molar-refractivity contribution is -0.109. The van der Waals surface area contributed by atoms with Gasteiger partial charge in [-0.25, -0.2) is 4.39 Å². The summed E-state index contributed by atoms with van der Waals surface area (Å²) in [5, 5.41) is 12.1. The molecule has 0 spiro atoms. The van der Waals surface area contributed by atoms with Crippen LogP contribution >= 0.6 is 11.6 Å². The molecule has 0 amide bonds. The number of nitrogens with zero attached hydrogens (tertiary/aromatic N) is 1. The van der Waals surface area contributed by atoms with E-state index < -0.39 is 11.9 Å². The lowest BCUT2D eigenvalue weighted by Crippen LogP contribution is -2.43. The van der Waals surface area contributed by atoms with Crippen molar-refractivity contribution in [1.29, 1.82) is 0 Å². The molecule has 0 saturated heterocycles. The number of carbonyl (C=O) groups excluding carboxylic acids is 2. The second kappa shape index (κ2) is 19.0. The van der Waals surface area contributed by atoms with E-state index in [9.17, 15) is 9.18 Å². The van der Waals surface area contributed by atoms with Gasteiger partial charge in [0.15, 0.2) is 6.29 Å². The van der Waals surface area contributed by atoms with Crippen molar-refractivity contribution in [2.75, 3.05) is 20.7 Å². The summed E-state index contributed by atoms with van der Waals surface area (Å²) in [7, 11) is 3.50. The van der Waals surface area contributed by atoms with Crippen molar-refractivity contribution in [3.8, 4) is 5.75 Å². The molecule has 9 heteroatoms. The Hall–Kier alpha value is -2.39. The number of rotatable bonds is 5. The molecule has 0 saturated carbocycles. The first-order valence-electron chi connectivity index (χ1n) is 10.8. The van der Waals surface area contributed by atoms with Gasteiger partial charge in [-0.2, -0.15) is 0 Å². The predicted octanol–water partition coefficient (Wildman–Crippen LogP) is 4.21. The molecule has 0 aliphatic heterocycles. The van der Waals surface area contributed by atoms with Gasteiger partial charge in [0, 0.05) is 11.2 Å². The van der Waals surface area contributed by atoms with Crippen LogP contribution in [0.2, 0.25) is 0 Å². The van der Waals surface area contributed by atoms with Crippen LogP contribution in [-0.2, 0) is 9.59 Å². The maximum absolute atomic E-state index is 12.3. The summed E-state index contributed by atoms with van der Waals surface area (Å²) in [6, 6.07) is 3.73. The highest BCUT2D eigenvalue weighted by atomic mass is 35.5. The van der Waals surface area contributed by atoms with E-state index in [1.807, 2.05) is 26.0 Å². The second-order valence-corrected chi connectivity index (χ2v) is 8.16. The highest BCUT2D eigenvalue weighted by molar-refractivity contribution is 6.31. The molecule has 3 rings (SSSR count). The Morgan fingerprint density at radius 1 is 1.41 bits per heavy atom. The number of nitrogens with one attached hydrogen (secondary N) is 1. The third kappa shape index (κ3) is 14.0. The molecule has 0 aromatic carbocycles. The highest BCUT2D eigenvalue weighted by Crippen LogP contribution is 2.28. The number of aromatic nitrogens is 1. The number of ether oxygens (including phenoxy) is 1. The van der Waals surface area contributed by atoms with Crippen LogP contribution in [0.3, 0.4) is 0 Å². The molecular weight excluding hydrogens is 461 g/mol. The molecule has 34 heavy (non-hydrogen) atoms. The topological polar surface area (TPSA) is 115 Å². The molecule has 1 heterocycles. The van der Waals surface area contributed by atoms with Crippen LogP contribution in [-0.4, -0.2) is 55.5 Å². The monoisotopic (exact) mass is 499 g/mol. The maximum atomic E-state index is 12.3. The van der Waals surface area contributed by atoms with Gasteiger partial charge in [0.25, 0.3) is 0 Å². The third-order valence-corrected chi connectivity index (χ3v) is 4.89. The summed E-state index contributed by atoms with van der Waals surface area (Å²) in [4.78, 5) is 22.2. The van der Waals surface area contributed by atoms with E-state index in [2.05, 4.69) is 49.8 Å². The van der Waals surface area contributed by atoms with Crippen LogP contribution in [0.4, 0.5) is 4.39 Å². The number of aliphatic hydroxyl groups is 1. The lowest BCUT2D eigenvalue weighted by atomic mass is 9.81. The van der Waals surface area contributed by atoms with Gasteiger partial charge >= 0.3 is 0 Å². The quantitative estimate of drug-likeness (QED) is 0.410. The third-order valence-electron chi connectivity index (χ3n) is 4.56. The highest BCUT2D eigenvalue weighted by Gasteiger charge is 2.26. The molecular formula is C25H39ClFN3O4. The summed E-state index contributed by atoms with van der Waals surface area (Å²) in [5.41, 5.74) is 7.35. The first-order valence-corrected chi connectivity index (χ1v) is 11.2. The van der Waals surface area contributed by atoms with Gasteiger partial charge in [-0.1, -0.05) is 43.2 Å². The molecule has 4 N–H and O–H groups in total. The molecule has 1 aromatic rings. The lowest BCUT2D eigenvalue weighted by Gasteiger charge is -2.34. The van der Waals surface area contributed by atoms with Crippen LogP contribution in [0.1, 0.15) is 52.1 Å². The Balaban J connectivity index is 0. The fraction of sp³-hybridized carbons (Fsp3) is 0.480. The van der Waals surface area contributed by atoms with E-state index in [1.54, 1.807) is 6.20 Å². The molecule has 2 aliphatic carbocycles. The second-order valence-electron chi connectivity index (χ2n) is 7.76. The molecule has 2 atom stereocenters. The van der Waals surface area contributed by atoms with Gasteiger partial charge in [0.1, 0.15) is 25.0 Å². The van der Waals surface area contributed by atoms with Crippen LogP contribution in [0.5, 0.6) is 5.75 Å². The fourth-order valence-corrected chi connectivity index (χ4v) is 2.99. The minimum atomic E-state index is -0.701. The van der Waals surface area contributed by atoms with Gasteiger partial charge in [-0.05, 0) is 64.9 Å². The van der Waals surface area contributed by atoms with Gasteiger partial charge in [0.2, 0.25) is 0 Å². The smallest absolute Gasteiger partial charge is 0.157 e. The van der Waals surface area contributed by atoms with Crippen molar-refractivity contribution < 1.29 is 23.8 Å². The van der Waals surface area contributed by atoms with E-state index in [0.29, 0.717) is 23.6 Å². The van der Waals surface area contributed by atoms with Crippen molar-refractivity contribution in [3.63, 3.8) is 0 Å². The minimum absolute atomic E-state index is 0.0860. The summed E-state index contributed by atoms with van der Waals surface area (Å²) < 4.78 is 17.4. The average Bonchev–Trinajstić information content (AvgIpc) is 2.83. The number of hydrogen-bond donors (Lipinski definition) is 3. The zero-order valence-corrected chi connectivity index (χ0v) is 21.7. The predicted molar refractivity (Wildman–Crippen MR) is 137 cm³/mol. The SMILES string of the molecule is C=O.CC(C)c1ccc(OCC=O)cn1.CN.CNC1(C)C=C(C)C1.OC1C=C(F)C(Cl)=CC1. The first-order chi connectivity index (χ1) is 16.1. The largest absolute Gasteiger partial charge is 0.485 e. The van der Waals surface area contributed by atoms with E-state index in [1.165, 1.54) is 25.1 Å². The van der Waals surface area contributed by atoms with Crippen molar-refractivity contribution in [2.45, 2.75) is 58.1 Å². The van der Waals surface area contributed by atoms with Gasteiger partial charge in [-0.3, -0.25) is 9.78 Å². The number of allylic oxidation sites excluding steroid dienone is 2. The van der Waals surface area contributed by atoms with Crippen molar-refractivity contribution >= 4 is 24.7 Å². The number of pyridine rings is 1. The van der Waals surface area contributed by atoms with Crippen LogP contribution < -0.4 is 15.8 Å². The number of halogens is 2. The Bertz CT molecular complexity index is 798. The van der Waals surface area contributed by atoms with Crippen LogP contribution in [0.15, 0.2) is 53.0 Å². The van der Waals surface area contributed by atoms with Gasteiger partial charge in [0.05, 0.1) is 17.3 Å². The summed E-state index contributed by atoms with van der Waals surface area (Å²) in [6.07, 6.45) is 8.11. The van der Waals surface area contributed by atoms with E-state index in [-0.39, 0.29) is 11.6 Å². The Kier molecular flexibility index (Phi) is 18.9. The van der Waals surface area contributed by atoms with E-state index in [0.717, 1.165) is 18.1 Å². The molecule has 2 aliphatic rings. The van der Waals surface area contributed by atoms with Gasteiger partial charge < -0.3 is 25.7 Å². The number of hydrogen-bond acceptors (Lipinski definition) is 7. The van der Waals surface area contributed by atoms with Crippen molar-refractivity contribution in [2.24, 2.45) is 5.73 Å². The first kappa shape index (κ1) is 33.8. The molecule has 0 radical (unpaired) electrons. The van der Waals surface area contributed by atoms with E-state index >= 15 is 0 Å². The average molecular weight is 500 g/mol. The maximum Gasteiger partial charge on any atom is 0.157 e. The van der Waals surface area contributed by atoms with E-state index in [4.69, 9.17) is 26.2 Å². The molecule has 192 valence electrons. The Morgan fingerprint density at radius 3 is 2.32 bits per heavy atom. The summed E-state index contributed by atoms with van der Waals surface area (Å²) in [6.45, 7) is 10.6. The standard InChI is InChI=1S/C10H13NO2.C7H13N.C6H6ClFO.CH5N.CH2O/c1-8(2)10-4-3-9(7-11-10)13-6-5-12;1-6-4-7(2,5-6)8-3;7-5-2-1-4(9)3-6(5)8;2*1-2/h3-5,7-8H,6H2,1-2H3;4,8H,5H2,1-3H3;2-4,9H,1H2;2H2,1H3;1H2. The molecule has 2 unspecified atom stereocenters. The molecule has 7 nitrogen and oxygen atoms in total. The normalized spacial score (nSPS) is 19.9. The number of likely N-dealkylation sites (N-methyl/N-ethyl adjacent to an activating group) is 1. The number of aldehydes is 1. The number of aliphatic hydroxyl groups excluding tert-OH is 1. The zero-order chi connectivity index (χ0) is 26.7. The number of carbonyl (C=O) groups is 2. The fourth-order valence-electron chi connectivity index (χ4n) is 2.84. The Morgan fingerprint density at radius 2 is 2.00 bits per heavy atom. The van der Waals surface area contributed by atoms with Crippen LogP contribution in [0, 0.1) is 0 Å². The number of nitrogens with two attached hydrogens (primary N) is 1. The summed E-state index contributed by atoms with van der Waals surface area (Å²) in [5.74, 6) is 0.520. The summed E-state index contributed by atoms with van der Waals surface area (Å²) >= 11 is 5.34. The Labute approximate surface area is 207 Å². The van der Waals surface area contributed by atoms with Crippen LogP contribution in [0.25, 0.3) is 0 Å². The van der Waals surface area contributed by atoms with Crippen molar-refractivity contribution in [3.05, 3.63) is 58.7 Å². The minimum Gasteiger partial charge on any atom is -0.485 e. The molecule has 0 bridgehead atoms. The van der Waals surface area contributed by atoms with Crippen molar-refractivity contribution in [1.82, 2.24) is 10.3 Å².